The van der Waals surface area contributed by atoms with E-state index in [1.165, 1.54) is 10.6 Å². The number of hydrogen-bond donors (Lipinski definition) is 1. The number of hydrogen-bond acceptors (Lipinski definition) is 5. The lowest BCUT2D eigenvalue weighted by Gasteiger charge is -2.32. The van der Waals surface area contributed by atoms with Crippen LogP contribution in [0.1, 0.15) is 10.5 Å². The number of nitrogens with zero attached hydrogens (tertiary/aromatic N) is 3. The molecule has 1 aromatic carbocycles. The molecule has 0 saturated carbocycles. The summed E-state index contributed by atoms with van der Waals surface area (Å²) in [6, 6.07) is 9.10. The quantitative estimate of drug-likeness (QED) is 0.866. The van der Waals surface area contributed by atoms with Gasteiger partial charge in [-0.25, -0.2) is 8.42 Å². The molecular formula is C16H20N4O4S. The number of nitrogens with one attached hydrogen (secondary N) is 1. The van der Waals surface area contributed by atoms with Crippen LogP contribution in [0.25, 0.3) is 11.3 Å². The monoisotopic (exact) mass is 364 g/mol. The third kappa shape index (κ3) is 3.83. The second-order valence-corrected chi connectivity index (χ2v) is 7.83. The van der Waals surface area contributed by atoms with Gasteiger partial charge in [-0.1, -0.05) is 0 Å². The standard InChI is InChI=1S/C16H20N4O4S/c1-24-13-5-3-12(4-6-13)14-11-15(18-17-14)16(21)19-7-9-20(10-8-19)25(2,22)23/h3-6,11H,7-10H2,1-2H3,(H,17,18). The summed E-state index contributed by atoms with van der Waals surface area (Å²) in [5.41, 5.74) is 1.93. The van der Waals surface area contributed by atoms with Crippen molar-refractivity contribution in [3.63, 3.8) is 0 Å². The summed E-state index contributed by atoms with van der Waals surface area (Å²) in [4.78, 5) is 14.2. The molecule has 0 bridgehead atoms. The average molecular weight is 364 g/mol. The Kier molecular flexibility index (Phi) is 4.78. The SMILES string of the molecule is COc1ccc(-c2cc(C(=O)N3CCN(S(C)(=O)=O)CC3)[nH]n2)cc1. The third-order valence-electron chi connectivity index (χ3n) is 4.19. The Morgan fingerprint density at radius 3 is 2.36 bits per heavy atom. The fourth-order valence-corrected chi connectivity index (χ4v) is 3.56. The normalized spacial score (nSPS) is 16.0. The van der Waals surface area contributed by atoms with E-state index in [2.05, 4.69) is 10.2 Å². The van der Waals surface area contributed by atoms with Gasteiger partial charge in [-0.3, -0.25) is 9.89 Å². The van der Waals surface area contributed by atoms with Gasteiger partial charge >= 0.3 is 0 Å². The zero-order valence-electron chi connectivity index (χ0n) is 14.1. The molecule has 0 spiro atoms. The van der Waals surface area contributed by atoms with E-state index >= 15 is 0 Å². The molecule has 0 radical (unpaired) electrons. The van der Waals surface area contributed by atoms with Gasteiger partial charge in [0.15, 0.2) is 0 Å². The molecule has 2 heterocycles. The lowest BCUT2D eigenvalue weighted by Crippen LogP contribution is -2.50. The maximum absolute atomic E-state index is 12.6. The number of ether oxygens (including phenoxy) is 1. The van der Waals surface area contributed by atoms with Crippen molar-refractivity contribution < 1.29 is 17.9 Å². The zero-order chi connectivity index (χ0) is 18.0. The number of carbonyl (C=O) groups excluding carboxylic acids is 1. The lowest BCUT2D eigenvalue weighted by molar-refractivity contribution is 0.0692. The number of carbonyl (C=O) groups is 1. The Balaban J connectivity index is 1.69. The Labute approximate surface area is 146 Å². The minimum atomic E-state index is -3.21. The van der Waals surface area contributed by atoms with Gasteiger partial charge in [-0.15, -0.1) is 0 Å². The van der Waals surface area contributed by atoms with E-state index in [9.17, 15) is 13.2 Å². The first-order valence-corrected chi connectivity index (χ1v) is 9.67. The van der Waals surface area contributed by atoms with Crippen molar-refractivity contribution >= 4 is 15.9 Å². The molecule has 25 heavy (non-hydrogen) atoms. The molecule has 2 aromatic rings. The number of rotatable bonds is 4. The van der Waals surface area contributed by atoms with Gasteiger partial charge in [-0.05, 0) is 30.3 Å². The van der Waals surface area contributed by atoms with Crippen LogP contribution in [-0.2, 0) is 10.0 Å². The molecule has 0 aliphatic carbocycles. The van der Waals surface area contributed by atoms with E-state index in [0.29, 0.717) is 37.6 Å². The Morgan fingerprint density at radius 2 is 1.80 bits per heavy atom. The van der Waals surface area contributed by atoms with Gasteiger partial charge in [0.25, 0.3) is 5.91 Å². The molecule has 1 saturated heterocycles. The van der Waals surface area contributed by atoms with Crippen molar-refractivity contribution in [1.29, 1.82) is 0 Å². The second-order valence-electron chi connectivity index (χ2n) is 5.85. The lowest BCUT2D eigenvalue weighted by atomic mass is 10.1. The Hall–Kier alpha value is -2.39. The van der Waals surface area contributed by atoms with Crippen LogP contribution in [0.2, 0.25) is 0 Å². The molecule has 1 aliphatic heterocycles. The summed E-state index contributed by atoms with van der Waals surface area (Å²) >= 11 is 0. The Bertz CT molecular complexity index is 853. The third-order valence-corrected chi connectivity index (χ3v) is 5.49. The van der Waals surface area contributed by atoms with Crippen molar-refractivity contribution in [2.24, 2.45) is 0 Å². The fourth-order valence-electron chi connectivity index (χ4n) is 2.73. The highest BCUT2D eigenvalue weighted by atomic mass is 32.2. The summed E-state index contributed by atoms with van der Waals surface area (Å²) in [5.74, 6) is 0.569. The number of amides is 1. The van der Waals surface area contributed by atoms with Crippen molar-refractivity contribution in [1.82, 2.24) is 19.4 Å². The van der Waals surface area contributed by atoms with Crippen LogP contribution in [0.4, 0.5) is 0 Å². The minimum Gasteiger partial charge on any atom is -0.497 e. The molecule has 9 heteroatoms. The van der Waals surface area contributed by atoms with E-state index in [1.54, 1.807) is 18.1 Å². The molecule has 0 atom stereocenters. The van der Waals surface area contributed by atoms with Gasteiger partial charge in [-0.2, -0.15) is 9.40 Å². The van der Waals surface area contributed by atoms with Gasteiger partial charge in [0.05, 0.1) is 19.1 Å². The highest BCUT2D eigenvalue weighted by Gasteiger charge is 2.27. The largest absolute Gasteiger partial charge is 0.497 e. The second kappa shape index (κ2) is 6.85. The maximum atomic E-state index is 12.6. The number of sulfonamides is 1. The smallest absolute Gasteiger partial charge is 0.271 e. The zero-order valence-corrected chi connectivity index (χ0v) is 14.9. The van der Waals surface area contributed by atoms with Gasteiger partial charge in [0, 0.05) is 31.7 Å². The Morgan fingerprint density at radius 1 is 1.16 bits per heavy atom. The van der Waals surface area contributed by atoms with Crippen LogP contribution in [0.3, 0.4) is 0 Å². The summed E-state index contributed by atoms with van der Waals surface area (Å²) in [7, 11) is -1.61. The predicted molar refractivity (Wildman–Crippen MR) is 92.9 cm³/mol. The van der Waals surface area contributed by atoms with E-state index in [-0.39, 0.29) is 5.91 Å². The molecular weight excluding hydrogens is 344 g/mol. The van der Waals surface area contributed by atoms with Gasteiger partial charge < -0.3 is 9.64 Å². The molecule has 1 fully saturated rings. The van der Waals surface area contributed by atoms with Crippen molar-refractivity contribution in [2.75, 3.05) is 39.5 Å². The first kappa shape index (κ1) is 17.4. The van der Waals surface area contributed by atoms with Crippen molar-refractivity contribution in [3.05, 3.63) is 36.0 Å². The topological polar surface area (TPSA) is 95.6 Å². The van der Waals surface area contributed by atoms with Crippen molar-refractivity contribution in [2.45, 2.75) is 0 Å². The van der Waals surface area contributed by atoms with E-state index in [0.717, 1.165) is 11.3 Å². The molecule has 1 N–H and O–H groups in total. The average Bonchev–Trinajstić information content (AvgIpc) is 3.10. The number of piperazine rings is 1. The number of H-pyrrole nitrogens is 1. The maximum Gasteiger partial charge on any atom is 0.271 e. The van der Waals surface area contributed by atoms with E-state index < -0.39 is 10.0 Å². The van der Waals surface area contributed by atoms with Crippen molar-refractivity contribution in [3.8, 4) is 17.0 Å². The van der Waals surface area contributed by atoms with Crippen LogP contribution >= 0.6 is 0 Å². The molecule has 8 nitrogen and oxygen atoms in total. The first-order chi connectivity index (χ1) is 11.9. The molecule has 3 rings (SSSR count). The molecule has 1 aromatic heterocycles. The van der Waals surface area contributed by atoms with Crippen LogP contribution in [0, 0.1) is 0 Å². The van der Waals surface area contributed by atoms with Gasteiger partial charge in [0.1, 0.15) is 11.4 Å². The number of aromatic nitrogens is 2. The molecule has 0 unspecified atom stereocenters. The molecule has 134 valence electrons. The molecule has 1 amide bonds. The minimum absolute atomic E-state index is 0.180. The summed E-state index contributed by atoms with van der Waals surface area (Å²) in [5, 5.41) is 6.96. The van der Waals surface area contributed by atoms with E-state index in [4.69, 9.17) is 4.74 Å². The summed E-state index contributed by atoms with van der Waals surface area (Å²) < 4.78 is 29.6. The number of methoxy groups -OCH3 is 1. The van der Waals surface area contributed by atoms with Crippen LogP contribution in [-0.4, -0.2) is 73.3 Å². The van der Waals surface area contributed by atoms with Gasteiger partial charge in [0.2, 0.25) is 10.0 Å². The number of aromatic amines is 1. The number of benzene rings is 1. The fraction of sp³-hybridized carbons (Fsp3) is 0.375. The van der Waals surface area contributed by atoms with Crippen LogP contribution in [0.15, 0.2) is 30.3 Å². The highest BCUT2D eigenvalue weighted by molar-refractivity contribution is 7.88. The van der Waals surface area contributed by atoms with E-state index in [1.807, 2.05) is 24.3 Å². The predicted octanol–water partition coefficient (Wildman–Crippen LogP) is 0.803. The van der Waals surface area contributed by atoms with Crippen LogP contribution < -0.4 is 4.74 Å². The summed E-state index contributed by atoms with van der Waals surface area (Å²) in [6.07, 6.45) is 1.18. The highest BCUT2D eigenvalue weighted by Crippen LogP contribution is 2.21. The van der Waals surface area contributed by atoms with Crippen LogP contribution in [0.5, 0.6) is 5.75 Å². The first-order valence-electron chi connectivity index (χ1n) is 7.83. The summed E-state index contributed by atoms with van der Waals surface area (Å²) in [6.45, 7) is 1.35. The molecule has 1 aliphatic rings.